The van der Waals surface area contributed by atoms with E-state index in [0.717, 1.165) is 5.69 Å². The number of nitrogens with zero attached hydrogens (tertiary/aromatic N) is 3. The molecule has 5 heteroatoms. The Morgan fingerprint density at radius 1 is 0.741 bits per heavy atom. The van der Waals surface area contributed by atoms with Crippen LogP contribution in [0.4, 0.5) is 5.69 Å². The Morgan fingerprint density at radius 2 is 1.33 bits per heavy atom. The number of anilines is 1. The van der Waals surface area contributed by atoms with Crippen molar-refractivity contribution in [1.82, 2.24) is 0 Å². The minimum Gasteiger partial charge on any atom is -0.425 e. The van der Waals surface area contributed by atoms with Crippen molar-refractivity contribution >= 4 is 17.7 Å². The highest BCUT2D eigenvalue weighted by Gasteiger charge is 2.22. The highest BCUT2D eigenvalue weighted by molar-refractivity contribution is 6.02. The van der Waals surface area contributed by atoms with Gasteiger partial charge in [-0.05, 0) is 43.3 Å². The molecule has 0 spiro atoms. The van der Waals surface area contributed by atoms with E-state index < -0.39 is 0 Å². The van der Waals surface area contributed by atoms with Crippen molar-refractivity contribution in [3.63, 3.8) is 0 Å². The Morgan fingerprint density at radius 3 is 1.96 bits per heavy atom. The molecule has 0 bridgehead atoms. The molecule has 3 aromatic carbocycles. The van der Waals surface area contributed by atoms with Crippen LogP contribution in [-0.2, 0) is 0 Å². The largest absolute Gasteiger partial charge is 0.425 e. The van der Waals surface area contributed by atoms with Crippen LogP contribution >= 0.6 is 0 Å². The van der Waals surface area contributed by atoms with E-state index in [1.54, 1.807) is 0 Å². The summed E-state index contributed by atoms with van der Waals surface area (Å²) in [5.74, 6) is 1.39. The average molecular weight is 357 g/mol. The van der Waals surface area contributed by atoms with Gasteiger partial charge in [0, 0.05) is 5.69 Å². The monoisotopic (exact) mass is 357 g/mol. The average Bonchev–Trinajstić information content (AvgIpc) is 2.71. The Labute approximate surface area is 158 Å². The van der Waals surface area contributed by atoms with Crippen LogP contribution in [0, 0.1) is 6.92 Å². The number of amidine groups is 2. The third kappa shape index (κ3) is 4.15. The molecule has 0 radical (unpaired) electrons. The van der Waals surface area contributed by atoms with Gasteiger partial charge in [0.1, 0.15) is 18.2 Å². The number of aryl methyl sites for hydroxylation is 1. The molecule has 134 valence electrons. The molecule has 27 heavy (non-hydrogen) atoms. The predicted molar refractivity (Wildman–Crippen MR) is 108 cm³/mol. The van der Waals surface area contributed by atoms with E-state index >= 15 is 0 Å². The SMILES string of the molecule is Cc1ccc(N2CN=C(Oc3ccccc3)N=C2Oc2ccccc2)cc1. The lowest BCUT2D eigenvalue weighted by molar-refractivity contribution is 0.503. The van der Waals surface area contributed by atoms with Crippen LogP contribution < -0.4 is 14.4 Å². The van der Waals surface area contributed by atoms with Crippen molar-refractivity contribution < 1.29 is 9.47 Å². The van der Waals surface area contributed by atoms with Crippen LogP contribution in [0.2, 0.25) is 0 Å². The lowest BCUT2D eigenvalue weighted by atomic mass is 10.2. The molecule has 0 saturated heterocycles. The molecular weight excluding hydrogens is 338 g/mol. The molecule has 5 nitrogen and oxygen atoms in total. The summed E-state index contributed by atoms with van der Waals surface area (Å²) in [6, 6.07) is 27.9. The highest BCUT2D eigenvalue weighted by Crippen LogP contribution is 2.21. The molecule has 0 aliphatic carbocycles. The minimum absolute atomic E-state index is 0.274. The normalized spacial score (nSPS) is 13.6. The summed E-state index contributed by atoms with van der Waals surface area (Å²) in [6.45, 7) is 2.41. The molecule has 0 aromatic heterocycles. The van der Waals surface area contributed by atoms with Gasteiger partial charge in [-0.2, -0.15) is 0 Å². The lowest BCUT2D eigenvalue weighted by Crippen LogP contribution is -2.39. The molecule has 4 rings (SSSR count). The second-order valence-corrected chi connectivity index (χ2v) is 6.07. The molecule has 0 atom stereocenters. The topological polar surface area (TPSA) is 46.4 Å². The number of benzene rings is 3. The number of para-hydroxylation sites is 2. The zero-order valence-electron chi connectivity index (χ0n) is 14.9. The van der Waals surface area contributed by atoms with E-state index in [1.807, 2.05) is 77.7 Å². The van der Waals surface area contributed by atoms with Crippen molar-refractivity contribution in [3.8, 4) is 11.5 Å². The fourth-order valence-corrected chi connectivity index (χ4v) is 2.61. The third-order valence-electron chi connectivity index (χ3n) is 4.02. The molecule has 1 aliphatic heterocycles. The summed E-state index contributed by atoms with van der Waals surface area (Å²) in [4.78, 5) is 10.9. The molecule has 0 unspecified atom stereocenters. The fourth-order valence-electron chi connectivity index (χ4n) is 2.61. The number of hydrogen-bond acceptors (Lipinski definition) is 5. The lowest BCUT2D eigenvalue weighted by Gasteiger charge is -2.26. The number of aliphatic imine (C=N–C) groups is 2. The van der Waals surface area contributed by atoms with Gasteiger partial charge in [-0.15, -0.1) is 4.99 Å². The summed E-state index contributed by atoms with van der Waals surface area (Å²) in [6.07, 6.45) is 0. The second-order valence-electron chi connectivity index (χ2n) is 6.07. The van der Waals surface area contributed by atoms with E-state index in [2.05, 4.69) is 29.0 Å². The third-order valence-corrected chi connectivity index (χ3v) is 4.02. The smallest absolute Gasteiger partial charge is 0.323 e. The molecule has 0 saturated carbocycles. The number of hydrogen-bond donors (Lipinski definition) is 0. The van der Waals surface area contributed by atoms with Gasteiger partial charge in [0.05, 0.1) is 0 Å². The Hall–Kier alpha value is -3.60. The van der Waals surface area contributed by atoms with Gasteiger partial charge in [0.25, 0.3) is 0 Å². The van der Waals surface area contributed by atoms with E-state index in [4.69, 9.17) is 9.47 Å². The van der Waals surface area contributed by atoms with E-state index in [9.17, 15) is 0 Å². The van der Waals surface area contributed by atoms with Crippen molar-refractivity contribution in [2.45, 2.75) is 6.92 Å². The zero-order chi connectivity index (χ0) is 18.5. The predicted octanol–water partition coefficient (Wildman–Crippen LogP) is 4.64. The van der Waals surface area contributed by atoms with E-state index in [0.29, 0.717) is 24.2 Å². The Kier molecular flexibility index (Phi) is 4.83. The van der Waals surface area contributed by atoms with E-state index in [1.165, 1.54) is 5.56 Å². The van der Waals surface area contributed by atoms with Crippen LogP contribution in [0.3, 0.4) is 0 Å². The highest BCUT2D eigenvalue weighted by atomic mass is 16.5. The zero-order valence-corrected chi connectivity index (χ0v) is 14.9. The summed E-state index contributed by atoms with van der Waals surface area (Å²) in [5, 5.41) is 0. The number of rotatable bonds is 3. The minimum atomic E-state index is 0.274. The fraction of sp³-hybridized carbons (Fsp3) is 0.0909. The van der Waals surface area contributed by atoms with Crippen molar-refractivity contribution in [2.24, 2.45) is 9.98 Å². The van der Waals surface area contributed by atoms with Gasteiger partial charge in [-0.1, -0.05) is 54.1 Å². The first-order valence-electron chi connectivity index (χ1n) is 8.71. The molecule has 0 N–H and O–H groups in total. The maximum atomic E-state index is 6.04. The quantitative estimate of drug-likeness (QED) is 0.686. The van der Waals surface area contributed by atoms with Crippen molar-refractivity contribution in [1.29, 1.82) is 0 Å². The summed E-state index contributed by atoms with van der Waals surface area (Å²) < 4.78 is 11.8. The van der Waals surface area contributed by atoms with Gasteiger partial charge in [-0.3, -0.25) is 4.90 Å². The molecule has 1 heterocycles. The van der Waals surface area contributed by atoms with Crippen LogP contribution in [0.5, 0.6) is 11.5 Å². The van der Waals surface area contributed by atoms with Crippen molar-refractivity contribution in [2.75, 3.05) is 11.6 Å². The molecular formula is C22H19N3O2. The van der Waals surface area contributed by atoms with Gasteiger partial charge in [0.2, 0.25) is 0 Å². The number of ether oxygens (including phenoxy) is 2. The molecule has 3 aromatic rings. The maximum absolute atomic E-state index is 6.04. The van der Waals surface area contributed by atoms with Gasteiger partial charge >= 0.3 is 12.0 Å². The Balaban J connectivity index is 1.62. The maximum Gasteiger partial charge on any atom is 0.323 e. The summed E-state index contributed by atoms with van der Waals surface area (Å²) >= 11 is 0. The first-order valence-corrected chi connectivity index (χ1v) is 8.71. The van der Waals surface area contributed by atoms with Crippen LogP contribution in [-0.4, -0.2) is 18.7 Å². The first kappa shape index (κ1) is 16.8. The van der Waals surface area contributed by atoms with E-state index in [-0.39, 0.29) is 6.02 Å². The summed E-state index contributed by atoms with van der Waals surface area (Å²) in [7, 11) is 0. The van der Waals surface area contributed by atoms with Crippen molar-refractivity contribution in [3.05, 3.63) is 90.5 Å². The second kappa shape index (κ2) is 7.74. The summed E-state index contributed by atoms with van der Waals surface area (Å²) in [5.41, 5.74) is 2.15. The van der Waals surface area contributed by atoms with Gasteiger partial charge in [0.15, 0.2) is 0 Å². The standard InChI is InChI=1S/C22H19N3O2/c1-17-12-14-18(15-13-17)25-16-23-21(26-19-8-4-2-5-9-19)24-22(25)27-20-10-6-3-7-11-20/h2-15H,16H2,1H3. The first-order chi connectivity index (χ1) is 13.3. The molecule has 0 amide bonds. The van der Waals surface area contributed by atoms with Gasteiger partial charge < -0.3 is 9.47 Å². The molecule has 1 aliphatic rings. The van der Waals surface area contributed by atoms with Gasteiger partial charge in [-0.25, -0.2) is 4.99 Å². The van der Waals surface area contributed by atoms with Crippen LogP contribution in [0.1, 0.15) is 5.56 Å². The Bertz CT molecular complexity index is 952. The van der Waals surface area contributed by atoms with Crippen LogP contribution in [0.25, 0.3) is 0 Å². The van der Waals surface area contributed by atoms with Crippen LogP contribution in [0.15, 0.2) is 94.9 Å². The molecule has 0 fully saturated rings.